The predicted octanol–water partition coefficient (Wildman–Crippen LogP) is 0.728. The summed E-state index contributed by atoms with van der Waals surface area (Å²) in [6.45, 7) is 5.43. The van der Waals surface area contributed by atoms with Gasteiger partial charge in [-0.3, -0.25) is 9.80 Å². The fourth-order valence-corrected chi connectivity index (χ4v) is 2.98. The highest BCUT2D eigenvalue weighted by Gasteiger charge is 2.36. The Kier molecular flexibility index (Phi) is 3.24. The highest BCUT2D eigenvalue weighted by atomic mass is 16.5. The van der Waals surface area contributed by atoms with Crippen molar-refractivity contribution in [2.45, 2.75) is 12.1 Å². The van der Waals surface area contributed by atoms with Crippen LogP contribution in [0, 0.1) is 0 Å². The third-order valence-electron chi connectivity index (χ3n) is 4.14. The molecule has 1 N–H and O–H groups in total. The monoisotopic (exact) mass is 248 g/mol. The lowest BCUT2D eigenvalue weighted by Crippen LogP contribution is -2.62. The first-order valence-corrected chi connectivity index (χ1v) is 6.56. The summed E-state index contributed by atoms with van der Waals surface area (Å²) in [5.74, 6) is 0.833. The Labute approximate surface area is 108 Å². The van der Waals surface area contributed by atoms with Gasteiger partial charge in [0.2, 0.25) is 0 Å². The molecule has 0 spiro atoms. The summed E-state index contributed by atoms with van der Waals surface area (Å²) in [4.78, 5) is 4.85. The molecule has 3 aliphatic rings. The quantitative estimate of drug-likeness (QED) is 0.855. The fraction of sp³-hybridized carbons (Fsp3) is 0.571. The molecule has 98 valence electrons. The largest absolute Gasteiger partial charge is 0.497 e. The molecule has 0 radical (unpaired) electrons. The van der Waals surface area contributed by atoms with E-state index in [1.54, 1.807) is 7.11 Å². The molecular weight excluding hydrogens is 228 g/mol. The molecule has 3 saturated heterocycles. The molecule has 1 aromatic carbocycles. The van der Waals surface area contributed by atoms with Crippen molar-refractivity contribution in [3.05, 3.63) is 29.8 Å². The number of aliphatic hydroxyl groups is 1. The first kappa shape index (κ1) is 12.0. The average Bonchev–Trinajstić information content (AvgIpc) is 2.48. The number of aliphatic hydroxyl groups excluding tert-OH is 1. The van der Waals surface area contributed by atoms with E-state index in [9.17, 15) is 5.11 Å². The number of piperazine rings is 3. The van der Waals surface area contributed by atoms with Gasteiger partial charge >= 0.3 is 0 Å². The van der Waals surface area contributed by atoms with Gasteiger partial charge in [0.1, 0.15) is 5.75 Å². The molecule has 4 nitrogen and oxygen atoms in total. The van der Waals surface area contributed by atoms with Crippen LogP contribution in [0.4, 0.5) is 0 Å². The first-order valence-electron chi connectivity index (χ1n) is 6.56. The Bertz CT molecular complexity index is 399. The molecular formula is C14H20N2O2. The van der Waals surface area contributed by atoms with Crippen LogP contribution in [0.3, 0.4) is 0 Å². The highest BCUT2D eigenvalue weighted by Crippen LogP contribution is 2.28. The van der Waals surface area contributed by atoms with Crippen LogP contribution >= 0.6 is 0 Å². The van der Waals surface area contributed by atoms with E-state index < -0.39 is 6.10 Å². The summed E-state index contributed by atoms with van der Waals surface area (Å²) >= 11 is 0. The topological polar surface area (TPSA) is 35.9 Å². The molecule has 4 heteroatoms. The van der Waals surface area contributed by atoms with E-state index in [2.05, 4.69) is 9.80 Å². The van der Waals surface area contributed by atoms with E-state index in [1.807, 2.05) is 24.3 Å². The van der Waals surface area contributed by atoms with Crippen molar-refractivity contribution in [2.75, 3.05) is 39.8 Å². The highest BCUT2D eigenvalue weighted by molar-refractivity contribution is 5.29. The van der Waals surface area contributed by atoms with Gasteiger partial charge in [-0.2, -0.15) is 0 Å². The van der Waals surface area contributed by atoms with E-state index in [0.717, 1.165) is 44.0 Å². The molecule has 2 unspecified atom stereocenters. The molecule has 1 aromatic rings. The number of nitrogens with zero attached hydrogens (tertiary/aromatic N) is 2. The van der Waals surface area contributed by atoms with Gasteiger partial charge in [-0.15, -0.1) is 0 Å². The minimum Gasteiger partial charge on any atom is -0.497 e. The maximum Gasteiger partial charge on any atom is 0.118 e. The van der Waals surface area contributed by atoms with E-state index in [1.165, 1.54) is 0 Å². The molecule has 3 aliphatic heterocycles. The van der Waals surface area contributed by atoms with Gasteiger partial charge < -0.3 is 9.84 Å². The molecule has 2 atom stereocenters. The van der Waals surface area contributed by atoms with Crippen LogP contribution in [0.2, 0.25) is 0 Å². The van der Waals surface area contributed by atoms with Gasteiger partial charge in [0.15, 0.2) is 0 Å². The third-order valence-corrected chi connectivity index (χ3v) is 4.14. The molecule has 0 aliphatic carbocycles. The van der Waals surface area contributed by atoms with Gasteiger partial charge in [0, 0.05) is 32.7 Å². The Morgan fingerprint density at radius 1 is 1.17 bits per heavy atom. The van der Waals surface area contributed by atoms with E-state index in [-0.39, 0.29) is 6.04 Å². The molecule has 0 aromatic heterocycles. The first-order chi connectivity index (χ1) is 8.78. The molecule has 0 saturated carbocycles. The van der Waals surface area contributed by atoms with E-state index in [4.69, 9.17) is 4.74 Å². The van der Waals surface area contributed by atoms with Crippen LogP contribution < -0.4 is 4.74 Å². The van der Waals surface area contributed by atoms with Gasteiger partial charge in [0.05, 0.1) is 19.3 Å². The summed E-state index contributed by atoms with van der Waals surface area (Å²) in [5.41, 5.74) is 0.981. The Morgan fingerprint density at radius 2 is 1.83 bits per heavy atom. The average molecular weight is 248 g/mol. The van der Waals surface area contributed by atoms with Crippen molar-refractivity contribution in [3.63, 3.8) is 0 Å². The molecule has 0 amide bonds. The van der Waals surface area contributed by atoms with Crippen LogP contribution in [0.1, 0.15) is 11.7 Å². The smallest absolute Gasteiger partial charge is 0.118 e. The standard InChI is InChI=1S/C14H20N2O2/c1-18-12-4-2-11(3-5-12)14(17)13-10-15-6-8-16(13)9-7-15/h2-5,13-14,17H,6-10H2,1H3. The number of fused-ring (bicyclic) bond motifs is 3. The summed E-state index contributed by atoms with van der Waals surface area (Å²) in [5, 5.41) is 10.5. The third kappa shape index (κ3) is 2.11. The SMILES string of the molecule is COc1ccc(C(O)C2CN3CCN2CC3)cc1. The summed E-state index contributed by atoms with van der Waals surface area (Å²) in [6.07, 6.45) is -0.404. The summed E-state index contributed by atoms with van der Waals surface area (Å²) < 4.78 is 5.14. The second-order valence-electron chi connectivity index (χ2n) is 5.12. The lowest BCUT2D eigenvalue weighted by Gasteiger charge is -2.49. The normalized spacial score (nSPS) is 32.2. The Balaban J connectivity index is 1.75. The lowest BCUT2D eigenvalue weighted by atomic mass is 9.96. The van der Waals surface area contributed by atoms with Crippen molar-refractivity contribution in [1.82, 2.24) is 9.80 Å². The van der Waals surface area contributed by atoms with E-state index >= 15 is 0 Å². The maximum atomic E-state index is 10.5. The zero-order valence-electron chi connectivity index (χ0n) is 10.7. The number of rotatable bonds is 3. The van der Waals surface area contributed by atoms with Crippen LogP contribution in [-0.4, -0.2) is 60.8 Å². The minimum atomic E-state index is -0.404. The number of hydrogen-bond acceptors (Lipinski definition) is 4. The lowest BCUT2D eigenvalue weighted by molar-refractivity contribution is -0.0470. The van der Waals surface area contributed by atoms with Crippen LogP contribution in [0.25, 0.3) is 0 Å². The Hall–Kier alpha value is -1.10. The number of methoxy groups -OCH3 is 1. The van der Waals surface area contributed by atoms with Crippen LogP contribution in [0.15, 0.2) is 24.3 Å². The fourth-order valence-electron chi connectivity index (χ4n) is 2.98. The van der Waals surface area contributed by atoms with Crippen molar-refractivity contribution in [2.24, 2.45) is 0 Å². The summed E-state index contributed by atoms with van der Waals surface area (Å²) in [6, 6.07) is 7.98. The zero-order chi connectivity index (χ0) is 12.5. The number of hydrogen-bond donors (Lipinski definition) is 1. The van der Waals surface area contributed by atoms with Gasteiger partial charge in [-0.25, -0.2) is 0 Å². The second-order valence-corrected chi connectivity index (χ2v) is 5.12. The van der Waals surface area contributed by atoms with E-state index in [0.29, 0.717) is 0 Å². The molecule has 3 heterocycles. The summed E-state index contributed by atoms with van der Waals surface area (Å²) in [7, 11) is 1.66. The Morgan fingerprint density at radius 3 is 2.33 bits per heavy atom. The van der Waals surface area contributed by atoms with Crippen molar-refractivity contribution >= 4 is 0 Å². The molecule has 4 rings (SSSR count). The van der Waals surface area contributed by atoms with Crippen LogP contribution in [-0.2, 0) is 0 Å². The predicted molar refractivity (Wildman–Crippen MR) is 69.8 cm³/mol. The van der Waals surface area contributed by atoms with Crippen molar-refractivity contribution in [1.29, 1.82) is 0 Å². The van der Waals surface area contributed by atoms with Crippen LogP contribution in [0.5, 0.6) is 5.75 Å². The molecule has 3 fully saturated rings. The number of benzene rings is 1. The minimum absolute atomic E-state index is 0.237. The zero-order valence-corrected chi connectivity index (χ0v) is 10.7. The molecule has 18 heavy (non-hydrogen) atoms. The van der Waals surface area contributed by atoms with Gasteiger partial charge in [0.25, 0.3) is 0 Å². The number of ether oxygens (including phenoxy) is 1. The van der Waals surface area contributed by atoms with Gasteiger partial charge in [-0.1, -0.05) is 12.1 Å². The van der Waals surface area contributed by atoms with Gasteiger partial charge in [-0.05, 0) is 17.7 Å². The second kappa shape index (κ2) is 4.88. The van der Waals surface area contributed by atoms with Crippen molar-refractivity contribution in [3.8, 4) is 5.75 Å². The van der Waals surface area contributed by atoms with Crippen molar-refractivity contribution < 1.29 is 9.84 Å². The molecule has 2 bridgehead atoms. The maximum absolute atomic E-state index is 10.5.